The van der Waals surface area contributed by atoms with Crippen molar-refractivity contribution < 1.29 is 14.3 Å². The largest absolute Gasteiger partial charge is 0.465 e. The lowest BCUT2D eigenvalue weighted by molar-refractivity contribution is 0.0599. The van der Waals surface area contributed by atoms with Crippen LogP contribution in [0.15, 0.2) is 48.5 Å². The van der Waals surface area contributed by atoms with E-state index in [0.29, 0.717) is 11.3 Å². The summed E-state index contributed by atoms with van der Waals surface area (Å²) >= 11 is 0. The van der Waals surface area contributed by atoms with Crippen molar-refractivity contribution in [2.45, 2.75) is 6.92 Å². The van der Waals surface area contributed by atoms with E-state index in [0.717, 1.165) is 11.3 Å². The van der Waals surface area contributed by atoms with Crippen LogP contribution in [0.4, 0.5) is 0 Å². The quantitative estimate of drug-likeness (QED) is 0.772. The Morgan fingerprint density at radius 1 is 1.00 bits per heavy atom. The normalized spacial score (nSPS) is 9.89. The molecule has 0 heterocycles. The molecule has 2 aromatic carbocycles. The van der Waals surface area contributed by atoms with Crippen LogP contribution in [0.1, 0.15) is 15.9 Å². The summed E-state index contributed by atoms with van der Waals surface area (Å²) in [6, 6.07) is 14.8. The van der Waals surface area contributed by atoms with Crippen LogP contribution in [0, 0.1) is 6.92 Å². The van der Waals surface area contributed by atoms with E-state index in [2.05, 4.69) is 0 Å². The molecule has 0 aromatic heterocycles. The summed E-state index contributed by atoms with van der Waals surface area (Å²) in [4.78, 5) is 11.6. The van der Waals surface area contributed by atoms with E-state index in [1.54, 1.807) is 6.07 Å². The number of hydrogen-bond donors (Lipinski definition) is 0. The molecule has 0 saturated heterocycles. The first-order valence-electron chi connectivity index (χ1n) is 5.62. The van der Waals surface area contributed by atoms with Crippen molar-refractivity contribution in [2.75, 3.05) is 7.11 Å². The van der Waals surface area contributed by atoms with Gasteiger partial charge in [-0.3, -0.25) is 0 Å². The van der Waals surface area contributed by atoms with Crippen molar-refractivity contribution in [3.63, 3.8) is 0 Å². The molecule has 0 unspecified atom stereocenters. The lowest BCUT2D eigenvalue weighted by Crippen LogP contribution is -2.03. The van der Waals surface area contributed by atoms with Crippen molar-refractivity contribution in [2.24, 2.45) is 0 Å². The van der Waals surface area contributed by atoms with Gasteiger partial charge in [0.15, 0.2) is 0 Å². The van der Waals surface area contributed by atoms with E-state index >= 15 is 0 Å². The van der Waals surface area contributed by atoms with Crippen LogP contribution in [0.5, 0.6) is 11.5 Å². The van der Waals surface area contributed by atoms with Gasteiger partial charge in [-0.25, -0.2) is 4.79 Å². The molecule has 2 aromatic rings. The lowest BCUT2D eigenvalue weighted by Gasteiger charge is -2.08. The number of methoxy groups -OCH3 is 1. The van der Waals surface area contributed by atoms with Crippen LogP contribution in [0.25, 0.3) is 0 Å². The summed E-state index contributed by atoms with van der Waals surface area (Å²) in [5.41, 5.74) is 1.38. The number of carbonyl (C=O) groups is 1. The van der Waals surface area contributed by atoms with E-state index in [9.17, 15) is 4.79 Å². The van der Waals surface area contributed by atoms with Gasteiger partial charge in [-0.15, -0.1) is 0 Å². The Balaban J connectivity index is 2.27. The van der Waals surface area contributed by atoms with Crippen molar-refractivity contribution in [1.82, 2.24) is 0 Å². The van der Waals surface area contributed by atoms with Gasteiger partial charge in [-0.1, -0.05) is 24.3 Å². The SMILES string of the molecule is COC(=O)c1cc(Oc2ccccc2)ccc1C. The van der Waals surface area contributed by atoms with Crippen LogP contribution in [-0.4, -0.2) is 13.1 Å². The number of esters is 1. The smallest absolute Gasteiger partial charge is 0.338 e. The Bertz CT molecular complexity index is 547. The van der Waals surface area contributed by atoms with Crippen LogP contribution >= 0.6 is 0 Å². The highest BCUT2D eigenvalue weighted by Crippen LogP contribution is 2.23. The fourth-order valence-electron chi connectivity index (χ4n) is 1.62. The molecule has 0 atom stereocenters. The van der Waals surface area contributed by atoms with Gasteiger partial charge in [0.05, 0.1) is 12.7 Å². The van der Waals surface area contributed by atoms with Gasteiger partial charge < -0.3 is 9.47 Å². The van der Waals surface area contributed by atoms with Gasteiger partial charge in [-0.2, -0.15) is 0 Å². The Kier molecular flexibility index (Phi) is 3.63. The highest BCUT2D eigenvalue weighted by Gasteiger charge is 2.10. The molecule has 2 rings (SSSR count). The molecule has 0 spiro atoms. The second-order valence-corrected chi connectivity index (χ2v) is 3.88. The molecule has 0 radical (unpaired) electrons. The standard InChI is InChI=1S/C15H14O3/c1-11-8-9-13(10-14(11)15(16)17-2)18-12-6-4-3-5-7-12/h3-10H,1-2H3. The van der Waals surface area contributed by atoms with Crippen molar-refractivity contribution in [3.8, 4) is 11.5 Å². The minimum Gasteiger partial charge on any atom is -0.465 e. The fourth-order valence-corrected chi connectivity index (χ4v) is 1.62. The Labute approximate surface area is 106 Å². The zero-order valence-corrected chi connectivity index (χ0v) is 10.3. The first-order valence-corrected chi connectivity index (χ1v) is 5.62. The molecule has 0 aliphatic carbocycles. The highest BCUT2D eigenvalue weighted by molar-refractivity contribution is 5.91. The van der Waals surface area contributed by atoms with E-state index < -0.39 is 0 Å². The summed E-state index contributed by atoms with van der Waals surface area (Å²) in [6.45, 7) is 1.86. The first kappa shape index (κ1) is 12.2. The summed E-state index contributed by atoms with van der Waals surface area (Å²) in [7, 11) is 1.37. The van der Waals surface area contributed by atoms with Gasteiger partial charge in [-0.05, 0) is 36.8 Å². The summed E-state index contributed by atoms with van der Waals surface area (Å²) in [5.74, 6) is 0.996. The Morgan fingerprint density at radius 3 is 2.39 bits per heavy atom. The lowest BCUT2D eigenvalue weighted by atomic mass is 10.1. The topological polar surface area (TPSA) is 35.5 Å². The minimum atomic E-state index is -0.356. The minimum absolute atomic E-state index is 0.356. The fraction of sp³-hybridized carbons (Fsp3) is 0.133. The number of para-hydroxylation sites is 1. The van der Waals surface area contributed by atoms with E-state index in [1.165, 1.54) is 7.11 Å². The van der Waals surface area contributed by atoms with E-state index in [4.69, 9.17) is 9.47 Å². The number of benzene rings is 2. The second-order valence-electron chi connectivity index (χ2n) is 3.88. The first-order chi connectivity index (χ1) is 8.70. The molecule has 0 bridgehead atoms. The van der Waals surface area contributed by atoms with Crippen LogP contribution in [0.2, 0.25) is 0 Å². The summed E-state index contributed by atoms with van der Waals surface area (Å²) < 4.78 is 10.4. The molecule has 18 heavy (non-hydrogen) atoms. The van der Waals surface area contributed by atoms with Gasteiger partial charge in [0.25, 0.3) is 0 Å². The summed E-state index contributed by atoms with van der Waals surface area (Å²) in [5, 5.41) is 0. The van der Waals surface area contributed by atoms with Crippen LogP contribution in [-0.2, 0) is 4.74 Å². The number of hydrogen-bond acceptors (Lipinski definition) is 3. The Morgan fingerprint density at radius 2 is 1.72 bits per heavy atom. The molecule has 0 N–H and O–H groups in total. The van der Waals surface area contributed by atoms with Gasteiger partial charge >= 0.3 is 5.97 Å². The molecule has 0 saturated carbocycles. The molecular formula is C15H14O3. The van der Waals surface area contributed by atoms with E-state index in [1.807, 2.05) is 49.4 Å². The van der Waals surface area contributed by atoms with Gasteiger partial charge in [0.1, 0.15) is 11.5 Å². The predicted molar refractivity (Wildman–Crippen MR) is 69.0 cm³/mol. The number of aryl methyl sites for hydroxylation is 1. The number of rotatable bonds is 3. The second kappa shape index (κ2) is 5.36. The molecular weight excluding hydrogens is 228 g/mol. The number of carbonyl (C=O) groups excluding carboxylic acids is 1. The molecule has 0 aliphatic rings. The van der Waals surface area contributed by atoms with E-state index in [-0.39, 0.29) is 5.97 Å². The van der Waals surface area contributed by atoms with Crippen molar-refractivity contribution in [3.05, 3.63) is 59.7 Å². The maximum Gasteiger partial charge on any atom is 0.338 e. The van der Waals surface area contributed by atoms with Gasteiger partial charge in [0, 0.05) is 0 Å². The molecule has 3 nitrogen and oxygen atoms in total. The average molecular weight is 242 g/mol. The zero-order valence-electron chi connectivity index (χ0n) is 10.3. The molecule has 3 heteroatoms. The van der Waals surface area contributed by atoms with Gasteiger partial charge in [0.2, 0.25) is 0 Å². The average Bonchev–Trinajstić information content (AvgIpc) is 2.41. The molecule has 0 amide bonds. The maximum atomic E-state index is 11.6. The molecule has 92 valence electrons. The predicted octanol–water partition coefficient (Wildman–Crippen LogP) is 3.57. The zero-order chi connectivity index (χ0) is 13.0. The third kappa shape index (κ3) is 2.69. The molecule has 0 aliphatic heterocycles. The summed E-state index contributed by atoms with van der Waals surface area (Å²) in [6.07, 6.45) is 0. The van der Waals surface area contributed by atoms with Crippen LogP contribution in [0.3, 0.4) is 0 Å². The maximum absolute atomic E-state index is 11.6. The third-order valence-electron chi connectivity index (χ3n) is 2.59. The number of ether oxygens (including phenoxy) is 2. The van der Waals surface area contributed by atoms with Crippen molar-refractivity contribution in [1.29, 1.82) is 0 Å². The third-order valence-corrected chi connectivity index (χ3v) is 2.59. The Hall–Kier alpha value is -2.29. The monoisotopic (exact) mass is 242 g/mol. The molecule has 0 fully saturated rings. The highest BCUT2D eigenvalue weighted by atomic mass is 16.5. The van der Waals surface area contributed by atoms with Crippen molar-refractivity contribution >= 4 is 5.97 Å². The van der Waals surface area contributed by atoms with Crippen LogP contribution < -0.4 is 4.74 Å².